The van der Waals surface area contributed by atoms with Crippen LogP contribution in [0.2, 0.25) is 0 Å². The first-order valence-electron chi connectivity index (χ1n) is 16.1. The van der Waals surface area contributed by atoms with E-state index in [-0.39, 0.29) is 16.2 Å². The first-order chi connectivity index (χ1) is 19.7. The van der Waals surface area contributed by atoms with E-state index in [0.717, 1.165) is 48.4 Å². The van der Waals surface area contributed by atoms with Gasteiger partial charge in [0, 0.05) is 74.6 Å². The van der Waals surface area contributed by atoms with Gasteiger partial charge in [0.1, 0.15) is 11.5 Å². The summed E-state index contributed by atoms with van der Waals surface area (Å²) in [5.41, 5.74) is 6.55. The quantitative estimate of drug-likeness (QED) is 0.370. The van der Waals surface area contributed by atoms with Gasteiger partial charge in [-0.15, -0.1) is 0 Å². The number of phenols is 2. The third-order valence-corrected chi connectivity index (χ3v) is 8.64. The molecule has 2 N–H and O–H groups in total. The van der Waals surface area contributed by atoms with Gasteiger partial charge in [-0.25, -0.2) is 0 Å². The van der Waals surface area contributed by atoms with Crippen molar-refractivity contribution in [2.75, 3.05) is 54.4 Å². The fourth-order valence-corrected chi connectivity index (χ4v) is 7.21. The first kappa shape index (κ1) is 35.4. The molecule has 1 heterocycles. The summed E-state index contributed by atoms with van der Waals surface area (Å²) < 4.78 is 0. The van der Waals surface area contributed by atoms with E-state index in [1.807, 2.05) is 0 Å². The maximum atomic E-state index is 11.5. The van der Waals surface area contributed by atoms with Gasteiger partial charge in [0.25, 0.3) is 0 Å². The summed E-state index contributed by atoms with van der Waals surface area (Å²) in [6.45, 7) is 26.8. The predicted molar refractivity (Wildman–Crippen MR) is 182 cm³/mol. The fourth-order valence-electron chi connectivity index (χ4n) is 7.21. The molecule has 2 aromatic carbocycles. The molecule has 1 aliphatic rings. The Bertz CT molecular complexity index is 1170. The summed E-state index contributed by atoms with van der Waals surface area (Å²) in [5.74, 6) is 1.26. The van der Waals surface area contributed by atoms with Crippen molar-refractivity contribution in [3.8, 4) is 11.5 Å². The van der Waals surface area contributed by atoms with E-state index < -0.39 is 0 Å². The van der Waals surface area contributed by atoms with E-state index in [0.29, 0.717) is 43.6 Å². The summed E-state index contributed by atoms with van der Waals surface area (Å²) in [5, 5.41) is 23.0. The summed E-state index contributed by atoms with van der Waals surface area (Å²) in [4.78, 5) is 9.37. The molecule has 6 nitrogen and oxygen atoms in total. The molecule has 0 spiro atoms. The largest absolute Gasteiger partial charge is 0.507 e. The zero-order chi connectivity index (χ0) is 32.5. The average Bonchev–Trinajstić information content (AvgIpc) is 2.80. The number of hydrogen-bond acceptors (Lipinski definition) is 6. The second-order valence-corrected chi connectivity index (χ2v) is 16.8. The molecule has 4 bridgehead atoms. The molecule has 0 amide bonds. The summed E-state index contributed by atoms with van der Waals surface area (Å²) >= 11 is 0. The van der Waals surface area contributed by atoms with Gasteiger partial charge in [0.05, 0.1) is 0 Å². The Hall–Kier alpha value is -2.12. The van der Waals surface area contributed by atoms with Gasteiger partial charge in [0.15, 0.2) is 0 Å². The number of nitrogens with zero attached hydrogens (tertiary/aromatic N) is 4. The molecule has 6 heteroatoms. The molecule has 0 saturated carbocycles. The Labute approximate surface area is 263 Å². The maximum Gasteiger partial charge on any atom is 0.124 e. The fraction of sp³-hybridized carbons (Fsp3) is 0.676. The van der Waals surface area contributed by atoms with E-state index in [4.69, 9.17) is 0 Å². The van der Waals surface area contributed by atoms with Crippen LogP contribution in [-0.2, 0) is 31.6 Å². The van der Waals surface area contributed by atoms with E-state index in [1.165, 1.54) is 11.1 Å². The van der Waals surface area contributed by atoms with Crippen LogP contribution in [0.25, 0.3) is 0 Å². The molecule has 242 valence electrons. The molecule has 1 aliphatic heterocycles. The highest BCUT2D eigenvalue weighted by molar-refractivity contribution is 5.46. The van der Waals surface area contributed by atoms with E-state index in [9.17, 15) is 10.2 Å². The van der Waals surface area contributed by atoms with Crippen LogP contribution in [-0.4, -0.2) is 84.2 Å². The van der Waals surface area contributed by atoms with Crippen LogP contribution >= 0.6 is 0 Å². The molecule has 43 heavy (non-hydrogen) atoms. The predicted octanol–water partition coefficient (Wildman–Crippen LogP) is 7.01. The highest BCUT2D eigenvalue weighted by Gasteiger charge is 2.28. The molecule has 0 unspecified atom stereocenters. The lowest BCUT2D eigenvalue weighted by atomic mass is 9.84. The molecule has 0 aromatic heterocycles. The first-order valence-corrected chi connectivity index (χ1v) is 16.1. The van der Waals surface area contributed by atoms with E-state index in [1.54, 1.807) is 0 Å². The molecule has 2 aromatic rings. The van der Waals surface area contributed by atoms with Crippen molar-refractivity contribution in [1.29, 1.82) is 0 Å². The maximum absolute atomic E-state index is 11.5. The van der Waals surface area contributed by atoms with E-state index in [2.05, 4.69) is 134 Å². The third-order valence-electron chi connectivity index (χ3n) is 8.64. The van der Waals surface area contributed by atoms with E-state index >= 15 is 0 Å². The van der Waals surface area contributed by atoms with Crippen molar-refractivity contribution in [2.45, 2.75) is 99.8 Å². The van der Waals surface area contributed by atoms with Crippen LogP contribution in [0.3, 0.4) is 0 Å². The van der Waals surface area contributed by atoms with Gasteiger partial charge in [0.2, 0.25) is 0 Å². The number of benzene rings is 2. The standard InChI is InChI=1S/C37H62N4O2/c1-26(2)27-14-28-18-38(10)22-36(6,7)24-40(12)20-30-16-32(35(3,4)5)17-31(34(30)43)21-41(13)25-37(8,9)23-39(11)19-29(15-27)33(28)42/h14-17,26,42-43H,18-25H2,1-13H3. The Morgan fingerprint density at radius 2 is 0.860 bits per heavy atom. The van der Waals surface area contributed by atoms with Gasteiger partial charge < -0.3 is 29.8 Å². The lowest BCUT2D eigenvalue weighted by Gasteiger charge is -2.36. The zero-order valence-corrected chi connectivity index (χ0v) is 29.7. The van der Waals surface area contributed by atoms with Crippen molar-refractivity contribution in [3.63, 3.8) is 0 Å². The Morgan fingerprint density at radius 3 is 1.12 bits per heavy atom. The molecule has 0 saturated heterocycles. The molecule has 0 atom stereocenters. The van der Waals surface area contributed by atoms with Gasteiger partial charge in [-0.05, 0) is 61.5 Å². The number of fused-ring (bicyclic) bond motifs is 4. The average molecular weight is 595 g/mol. The second kappa shape index (κ2) is 13.5. The van der Waals surface area contributed by atoms with Crippen LogP contribution in [0.4, 0.5) is 0 Å². The summed E-state index contributed by atoms with van der Waals surface area (Å²) in [7, 11) is 8.63. The van der Waals surface area contributed by atoms with Crippen molar-refractivity contribution in [1.82, 2.24) is 19.6 Å². The highest BCUT2D eigenvalue weighted by Crippen LogP contribution is 2.35. The van der Waals surface area contributed by atoms with Gasteiger partial charge >= 0.3 is 0 Å². The zero-order valence-electron chi connectivity index (χ0n) is 29.7. The van der Waals surface area contributed by atoms with Gasteiger partial charge in [-0.1, -0.05) is 86.6 Å². The molecular formula is C37H62N4O2. The summed E-state index contributed by atoms with van der Waals surface area (Å²) in [6.07, 6.45) is 0. The molecular weight excluding hydrogens is 532 g/mol. The van der Waals surface area contributed by atoms with Gasteiger partial charge in [-0.2, -0.15) is 0 Å². The monoisotopic (exact) mass is 594 g/mol. The SMILES string of the molecule is CC(C)c1cc2c(O)c(c1)CN(C)CC(C)(C)CN(C)Cc1cc(C(C)(C)C)cc(c1O)CN(C)CC(C)(C)CN(C)C2. The lowest BCUT2D eigenvalue weighted by Crippen LogP contribution is -2.40. The van der Waals surface area contributed by atoms with Crippen molar-refractivity contribution >= 4 is 0 Å². The third kappa shape index (κ3) is 9.94. The van der Waals surface area contributed by atoms with Crippen LogP contribution in [0, 0.1) is 10.8 Å². The minimum Gasteiger partial charge on any atom is -0.507 e. The summed E-state index contributed by atoms with van der Waals surface area (Å²) in [6, 6.07) is 8.82. The minimum atomic E-state index is -0.0110. The van der Waals surface area contributed by atoms with Crippen LogP contribution in [0.5, 0.6) is 11.5 Å². The molecule has 3 rings (SSSR count). The Morgan fingerprint density at radius 1 is 0.581 bits per heavy atom. The number of hydrogen-bond donors (Lipinski definition) is 2. The van der Waals surface area contributed by atoms with Crippen molar-refractivity contribution in [3.05, 3.63) is 57.6 Å². The minimum absolute atomic E-state index is 0.00451. The lowest BCUT2D eigenvalue weighted by molar-refractivity contribution is 0.139. The normalized spacial score (nSPS) is 20.8. The smallest absolute Gasteiger partial charge is 0.124 e. The van der Waals surface area contributed by atoms with Crippen LogP contribution in [0.15, 0.2) is 24.3 Å². The number of aromatic hydroxyl groups is 2. The van der Waals surface area contributed by atoms with Crippen LogP contribution < -0.4 is 0 Å². The molecule has 0 aliphatic carbocycles. The van der Waals surface area contributed by atoms with Gasteiger partial charge in [-0.3, -0.25) is 0 Å². The Balaban J connectivity index is 2.05. The number of phenolic OH excluding ortho intramolecular Hbond substituents is 2. The molecule has 0 fully saturated rings. The number of rotatable bonds is 1. The second-order valence-electron chi connectivity index (χ2n) is 16.8. The van der Waals surface area contributed by atoms with Crippen molar-refractivity contribution < 1.29 is 10.2 Å². The van der Waals surface area contributed by atoms with Crippen LogP contribution in [0.1, 0.15) is 102 Å². The van der Waals surface area contributed by atoms with Crippen molar-refractivity contribution in [2.24, 2.45) is 10.8 Å². The highest BCUT2D eigenvalue weighted by atomic mass is 16.3. The Kier molecular flexibility index (Phi) is 11.1. The molecule has 0 radical (unpaired) electrons. The topological polar surface area (TPSA) is 53.4 Å².